The Balaban J connectivity index is 0.00000256. The molecular weight excluding hydrogens is 472 g/mol. The number of nitrogens with two attached hydrogens (primary N) is 1. The van der Waals surface area contributed by atoms with Crippen LogP contribution in [0.3, 0.4) is 0 Å². The number of hydrogen-bond donors (Lipinski definition) is 1. The van der Waals surface area contributed by atoms with Gasteiger partial charge in [-0.3, -0.25) is 4.79 Å². The number of ether oxygens (including phenoxy) is 3. The van der Waals surface area contributed by atoms with E-state index in [1.54, 1.807) is 54.4 Å². The van der Waals surface area contributed by atoms with Crippen molar-refractivity contribution in [2.24, 2.45) is 5.73 Å². The van der Waals surface area contributed by atoms with Crippen LogP contribution in [0, 0.1) is 0 Å². The van der Waals surface area contributed by atoms with Crippen molar-refractivity contribution in [3.63, 3.8) is 0 Å². The fourth-order valence-corrected chi connectivity index (χ4v) is 5.15. The summed E-state index contributed by atoms with van der Waals surface area (Å²) in [6.45, 7) is 3.93. The highest BCUT2D eigenvalue weighted by Gasteiger charge is 2.58. The number of benzene rings is 1. The number of fused-ring (bicyclic) bond motifs is 1. The van der Waals surface area contributed by atoms with Crippen molar-refractivity contribution in [1.82, 2.24) is 0 Å². The van der Waals surface area contributed by atoms with E-state index in [9.17, 15) is 9.59 Å². The molecule has 0 spiro atoms. The number of hydrogen-bond acceptors (Lipinski definition) is 6. The molecule has 160 valence electrons. The van der Waals surface area contributed by atoms with Crippen LogP contribution in [0.1, 0.15) is 39.9 Å². The first-order valence-corrected chi connectivity index (χ1v) is 10.3. The third kappa shape index (κ3) is 4.69. The average molecular weight is 495 g/mol. The lowest BCUT2D eigenvalue weighted by Gasteiger charge is -2.22. The zero-order valence-electron chi connectivity index (χ0n) is 16.6. The fraction of sp³-hybridized carbons (Fsp3) is 0.381. The topological polar surface area (TPSA) is 91.7 Å². The molecule has 30 heavy (non-hydrogen) atoms. The van der Waals surface area contributed by atoms with Gasteiger partial charge in [0.25, 0.3) is 5.91 Å². The number of rotatable bonds is 5. The standard InChI is InChI=1S/C21H22N2O5S.BrH/c1-21(2)27-16-15(12-26-20(25)13-7-4-3-5-8-13)29-19(17(16)28-21)23-10-6-9-14(11-23)18(22)24;/h3-11,15-17,19H,12H2,1-2H3,(H-,22,24);1H/t15-,16-,17-,19-;/m1./s1. The van der Waals surface area contributed by atoms with Crippen LogP contribution >= 0.6 is 11.8 Å². The van der Waals surface area contributed by atoms with Crippen molar-refractivity contribution in [2.75, 3.05) is 6.61 Å². The number of halogens is 1. The first-order chi connectivity index (χ1) is 13.8. The molecule has 1 aromatic heterocycles. The Labute approximate surface area is 189 Å². The fourth-order valence-electron chi connectivity index (χ4n) is 3.65. The number of nitrogens with zero attached hydrogens (tertiary/aromatic N) is 1. The van der Waals surface area contributed by atoms with Crippen LogP contribution in [0.25, 0.3) is 0 Å². The quantitative estimate of drug-likeness (QED) is 0.426. The molecule has 0 saturated carbocycles. The van der Waals surface area contributed by atoms with Crippen LogP contribution < -0.4 is 27.3 Å². The van der Waals surface area contributed by atoms with Crippen molar-refractivity contribution in [3.8, 4) is 0 Å². The Morgan fingerprint density at radius 3 is 2.47 bits per heavy atom. The number of carbonyl (C=O) groups excluding carboxylic acids is 2. The minimum absolute atomic E-state index is 0. The van der Waals surface area contributed by atoms with E-state index in [1.807, 2.05) is 30.7 Å². The van der Waals surface area contributed by atoms with Gasteiger partial charge in [0.15, 0.2) is 24.3 Å². The van der Waals surface area contributed by atoms with Gasteiger partial charge in [-0.25, -0.2) is 4.79 Å². The van der Waals surface area contributed by atoms with E-state index >= 15 is 0 Å². The molecule has 2 aliphatic heterocycles. The van der Waals surface area contributed by atoms with Gasteiger partial charge in [0.05, 0.1) is 10.8 Å². The maximum atomic E-state index is 12.3. The number of thioether (sulfide) groups is 1. The lowest BCUT2D eigenvalue weighted by Crippen LogP contribution is -3.00. The van der Waals surface area contributed by atoms with Gasteiger partial charge in [-0.15, -0.1) is 0 Å². The smallest absolute Gasteiger partial charge is 0.338 e. The molecule has 9 heteroatoms. The van der Waals surface area contributed by atoms with E-state index < -0.39 is 11.7 Å². The Hall–Kier alpha value is -1.94. The predicted octanol–water partition coefficient (Wildman–Crippen LogP) is -0.932. The van der Waals surface area contributed by atoms with Crippen LogP contribution in [0.4, 0.5) is 0 Å². The molecule has 1 amide bonds. The summed E-state index contributed by atoms with van der Waals surface area (Å²) >= 11 is 1.60. The Bertz CT molecular complexity index is 927. The normalized spacial score (nSPS) is 26.5. The molecule has 0 aliphatic carbocycles. The molecule has 4 rings (SSSR count). The first-order valence-electron chi connectivity index (χ1n) is 9.38. The molecule has 0 radical (unpaired) electrons. The average Bonchev–Trinajstić information content (AvgIpc) is 3.20. The lowest BCUT2D eigenvalue weighted by molar-refractivity contribution is -0.706. The second-order valence-corrected chi connectivity index (χ2v) is 8.86. The molecule has 3 heterocycles. The molecule has 2 N–H and O–H groups in total. The minimum atomic E-state index is -0.738. The van der Waals surface area contributed by atoms with Crippen molar-refractivity contribution in [3.05, 3.63) is 66.0 Å². The van der Waals surface area contributed by atoms with Gasteiger partial charge in [0.1, 0.15) is 18.3 Å². The van der Waals surface area contributed by atoms with Crippen molar-refractivity contribution >= 4 is 23.6 Å². The summed E-state index contributed by atoms with van der Waals surface area (Å²) in [4.78, 5) is 23.9. The minimum Gasteiger partial charge on any atom is -1.00 e. The van der Waals surface area contributed by atoms with Gasteiger partial charge in [-0.1, -0.05) is 30.0 Å². The number of carbonyl (C=O) groups is 2. The van der Waals surface area contributed by atoms with E-state index in [4.69, 9.17) is 19.9 Å². The van der Waals surface area contributed by atoms with Crippen LogP contribution in [0.15, 0.2) is 54.9 Å². The molecule has 2 aromatic rings. The number of esters is 1. The van der Waals surface area contributed by atoms with Gasteiger partial charge >= 0.3 is 5.97 Å². The number of primary amides is 1. The Morgan fingerprint density at radius 1 is 1.10 bits per heavy atom. The number of aromatic nitrogens is 1. The largest absolute Gasteiger partial charge is 1.00 e. The van der Waals surface area contributed by atoms with Gasteiger partial charge in [-0.2, -0.15) is 4.57 Å². The molecule has 2 fully saturated rings. The van der Waals surface area contributed by atoms with Gasteiger partial charge in [-0.05, 0) is 32.0 Å². The first kappa shape index (κ1) is 22.7. The van der Waals surface area contributed by atoms with Crippen LogP contribution in [0.2, 0.25) is 0 Å². The highest BCUT2D eigenvalue weighted by atomic mass is 79.9. The summed E-state index contributed by atoms with van der Waals surface area (Å²) in [5.41, 5.74) is 6.35. The monoisotopic (exact) mass is 494 g/mol. The summed E-state index contributed by atoms with van der Waals surface area (Å²) < 4.78 is 19.7. The molecule has 0 bridgehead atoms. The second-order valence-electron chi connectivity index (χ2n) is 7.50. The van der Waals surface area contributed by atoms with Crippen LogP contribution in [-0.2, 0) is 14.2 Å². The second kappa shape index (κ2) is 9.05. The predicted molar refractivity (Wildman–Crippen MR) is 106 cm³/mol. The maximum Gasteiger partial charge on any atom is 0.338 e. The van der Waals surface area contributed by atoms with E-state index in [0.717, 1.165) is 0 Å². The number of amides is 1. The highest BCUT2D eigenvalue weighted by molar-refractivity contribution is 8.00. The zero-order chi connectivity index (χ0) is 20.6. The van der Waals surface area contributed by atoms with Gasteiger partial charge in [0, 0.05) is 6.07 Å². The molecule has 2 saturated heterocycles. The molecule has 2 aliphatic rings. The third-order valence-corrected chi connectivity index (χ3v) is 6.46. The summed E-state index contributed by atoms with van der Waals surface area (Å²) in [5.74, 6) is -1.60. The molecular formula is C21H23BrN2O5S. The zero-order valence-corrected chi connectivity index (χ0v) is 19.0. The van der Waals surface area contributed by atoms with Crippen molar-refractivity contribution in [2.45, 2.75) is 42.5 Å². The highest BCUT2D eigenvalue weighted by Crippen LogP contribution is 2.48. The van der Waals surface area contributed by atoms with Crippen molar-refractivity contribution < 1.29 is 45.3 Å². The number of pyridine rings is 1. The van der Waals surface area contributed by atoms with Gasteiger partial charge < -0.3 is 36.9 Å². The summed E-state index contributed by atoms with van der Waals surface area (Å²) in [6, 6.07) is 12.3. The summed E-state index contributed by atoms with van der Waals surface area (Å²) in [7, 11) is 0. The Morgan fingerprint density at radius 2 is 1.77 bits per heavy atom. The van der Waals surface area contributed by atoms with Gasteiger partial charge in [0.2, 0.25) is 5.37 Å². The molecule has 0 unspecified atom stereocenters. The van der Waals surface area contributed by atoms with E-state index in [-0.39, 0.29) is 52.4 Å². The Kier molecular flexibility index (Phi) is 6.86. The lowest BCUT2D eigenvalue weighted by atomic mass is 10.1. The molecule has 4 atom stereocenters. The summed E-state index contributed by atoms with van der Waals surface area (Å²) in [6.07, 6.45) is 3.09. The third-order valence-electron chi connectivity index (χ3n) is 4.91. The van der Waals surface area contributed by atoms with Crippen LogP contribution in [0.5, 0.6) is 0 Å². The maximum absolute atomic E-state index is 12.3. The molecule has 1 aromatic carbocycles. The molecule has 7 nitrogen and oxygen atoms in total. The SMILES string of the molecule is CC1(C)O[C@@H]2[C@H](O1)[C@@H](COC(=O)c1ccccc1)S[C@H]2[n+]1cccc(C(N)=O)c1.[Br-]. The summed E-state index contributed by atoms with van der Waals surface area (Å²) in [5, 5.41) is -0.245. The van der Waals surface area contributed by atoms with E-state index in [1.165, 1.54) is 0 Å². The van der Waals surface area contributed by atoms with Crippen LogP contribution in [-0.4, -0.2) is 41.7 Å². The van der Waals surface area contributed by atoms with E-state index in [2.05, 4.69) is 0 Å². The van der Waals surface area contributed by atoms with Crippen molar-refractivity contribution in [1.29, 1.82) is 0 Å². The van der Waals surface area contributed by atoms with E-state index in [0.29, 0.717) is 11.1 Å².